The van der Waals surface area contributed by atoms with E-state index >= 15 is 0 Å². The van der Waals surface area contributed by atoms with E-state index in [1.807, 2.05) is 0 Å². The summed E-state index contributed by atoms with van der Waals surface area (Å²) in [4.78, 5) is 0. The van der Waals surface area contributed by atoms with E-state index in [2.05, 4.69) is 79.2 Å². The molecular formula is C16H39NOSi2. The third kappa shape index (κ3) is 4.97. The molecule has 0 aromatic rings. The Morgan fingerprint density at radius 2 is 1.30 bits per heavy atom. The molecule has 0 unspecified atom stereocenters. The van der Waals surface area contributed by atoms with E-state index in [1.54, 1.807) is 0 Å². The van der Waals surface area contributed by atoms with Crippen LogP contribution in [0.15, 0.2) is 0 Å². The summed E-state index contributed by atoms with van der Waals surface area (Å²) in [6, 6.07) is 0. The third-order valence-corrected chi connectivity index (χ3v) is 16.0. The summed E-state index contributed by atoms with van der Waals surface area (Å²) in [5.74, 6) is 0. The normalized spacial score (nSPS) is 15.0. The molecule has 4 heteroatoms. The molecule has 0 aromatic heterocycles. The van der Waals surface area contributed by atoms with Crippen LogP contribution in [-0.2, 0) is 4.43 Å². The summed E-state index contributed by atoms with van der Waals surface area (Å²) in [5, 5.41) is 0.709. The lowest BCUT2D eigenvalue weighted by molar-refractivity contribution is 0.249. The molecule has 0 saturated heterocycles. The van der Waals surface area contributed by atoms with Gasteiger partial charge in [0.1, 0.15) is 8.24 Å². The minimum absolute atomic E-state index is 0.307. The van der Waals surface area contributed by atoms with Crippen molar-refractivity contribution in [2.45, 2.75) is 84.7 Å². The van der Waals surface area contributed by atoms with Gasteiger partial charge >= 0.3 is 0 Å². The molecule has 0 saturated carbocycles. The van der Waals surface area contributed by atoms with Crippen LogP contribution < -0.4 is 0 Å². The number of hydrogen-bond donors (Lipinski definition) is 0. The van der Waals surface area contributed by atoms with Gasteiger partial charge in [0.2, 0.25) is 0 Å². The lowest BCUT2D eigenvalue weighted by Gasteiger charge is -2.46. The molecule has 20 heavy (non-hydrogen) atoms. The molecule has 0 amide bonds. The van der Waals surface area contributed by atoms with Crippen LogP contribution in [0, 0.1) is 0 Å². The Balaban J connectivity index is 4.65. The monoisotopic (exact) mass is 317 g/mol. The lowest BCUT2D eigenvalue weighted by Crippen LogP contribution is -2.56. The van der Waals surface area contributed by atoms with Crippen molar-refractivity contribution in [3.63, 3.8) is 0 Å². The van der Waals surface area contributed by atoms with Crippen LogP contribution in [0.1, 0.15) is 48.5 Å². The van der Waals surface area contributed by atoms with Gasteiger partial charge in [-0.1, -0.05) is 61.6 Å². The predicted octanol–water partition coefficient (Wildman–Crippen LogP) is 5.34. The van der Waals surface area contributed by atoms with Crippen molar-refractivity contribution in [3.8, 4) is 0 Å². The molecule has 0 bridgehead atoms. The van der Waals surface area contributed by atoms with Gasteiger partial charge in [0.15, 0.2) is 8.32 Å². The maximum absolute atomic E-state index is 6.35. The first-order valence-corrected chi connectivity index (χ1v) is 13.9. The fourth-order valence-corrected chi connectivity index (χ4v) is 5.36. The molecule has 0 aromatic carbocycles. The Morgan fingerprint density at radius 3 is 1.60 bits per heavy atom. The van der Waals surface area contributed by atoms with Gasteiger partial charge in [0.05, 0.1) is 0 Å². The van der Waals surface area contributed by atoms with E-state index in [0.29, 0.717) is 10.1 Å². The Kier molecular flexibility index (Phi) is 6.75. The number of nitrogens with zero attached hydrogens (tertiary/aromatic N) is 1. The predicted molar refractivity (Wildman–Crippen MR) is 97.6 cm³/mol. The van der Waals surface area contributed by atoms with Gasteiger partial charge in [-0.05, 0) is 29.7 Å². The van der Waals surface area contributed by atoms with Crippen LogP contribution in [0.5, 0.6) is 0 Å². The summed E-state index contributed by atoms with van der Waals surface area (Å²) in [5.41, 5.74) is 0. The van der Waals surface area contributed by atoms with Crippen molar-refractivity contribution in [2.75, 3.05) is 19.7 Å². The van der Waals surface area contributed by atoms with Crippen LogP contribution in [0.3, 0.4) is 0 Å². The van der Waals surface area contributed by atoms with Crippen molar-refractivity contribution in [2.24, 2.45) is 0 Å². The minimum atomic E-state index is -1.60. The third-order valence-electron chi connectivity index (χ3n) is 5.64. The molecule has 0 spiro atoms. The van der Waals surface area contributed by atoms with Crippen molar-refractivity contribution in [1.82, 2.24) is 4.57 Å². The Morgan fingerprint density at radius 1 is 0.850 bits per heavy atom. The molecule has 0 aliphatic rings. The second-order valence-corrected chi connectivity index (χ2v) is 19.1. The van der Waals surface area contributed by atoms with E-state index in [1.165, 1.54) is 0 Å². The van der Waals surface area contributed by atoms with E-state index in [0.717, 1.165) is 19.7 Å². The summed E-state index contributed by atoms with van der Waals surface area (Å²) < 4.78 is 9.05. The Hall–Kier alpha value is 0.354. The molecule has 0 heterocycles. The lowest BCUT2D eigenvalue weighted by atomic mass is 10.2. The first kappa shape index (κ1) is 20.4. The van der Waals surface area contributed by atoms with Gasteiger partial charge in [-0.2, -0.15) is 0 Å². The highest BCUT2D eigenvalue weighted by atomic mass is 28.4. The topological polar surface area (TPSA) is 12.5 Å². The molecule has 0 atom stereocenters. The fraction of sp³-hybridized carbons (Fsp3) is 1.00. The molecule has 0 fully saturated rings. The van der Waals surface area contributed by atoms with E-state index in [-0.39, 0.29) is 0 Å². The highest BCUT2D eigenvalue weighted by Crippen LogP contribution is 2.39. The van der Waals surface area contributed by atoms with E-state index < -0.39 is 16.6 Å². The first-order valence-electron chi connectivity index (χ1n) is 8.06. The summed E-state index contributed by atoms with van der Waals surface area (Å²) >= 11 is 0. The zero-order valence-corrected chi connectivity index (χ0v) is 18.0. The minimum Gasteiger partial charge on any atom is -0.416 e. The smallest absolute Gasteiger partial charge is 0.192 e. The average molecular weight is 318 g/mol. The van der Waals surface area contributed by atoms with Crippen LogP contribution in [0.2, 0.25) is 36.3 Å². The standard InChI is InChI=1S/C16H39NOSi2/c1-12-17(19(8,9)15(2,3)4)13-14-18-20(10,11)16(5,6)7/h12-14H2,1-11H3. The zero-order valence-electron chi connectivity index (χ0n) is 16.0. The molecule has 0 rings (SSSR count). The highest BCUT2D eigenvalue weighted by Gasteiger charge is 2.41. The summed E-state index contributed by atoms with van der Waals surface area (Å²) in [7, 11) is -3.01. The summed E-state index contributed by atoms with van der Waals surface area (Å²) in [6.45, 7) is 29.1. The molecular weight excluding hydrogens is 278 g/mol. The van der Waals surface area contributed by atoms with Crippen molar-refractivity contribution in [3.05, 3.63) is 0 Å². The van der Waals surface area contributed by atoms with Gasteiger partial charge in [0.25, 0.3) is 0 Å². The number of hydrogen-bond acceptors (Lipinski definition) is 2. The fourth-order valence-electron chi connectivity index (χ4n) is 1.93. The zero-order chi connectivity index (χ0) is 16.4. The van der Waals surface area contributed by atoms with Gasteiger partial charge in [-0.25, -0.2) is 0 Å². The molecule has 122 valence electrons. The Bertz CT molecular complexity index is 301. The van der Waals surface area contributed by atoms with Crippen LogP contribution in [0.25, 0.3) is 0 Å². The maximum Gasteiger partial charge on any atom is 0.192 e. The molecule has 0 aliphatic carbocycles. The van der Waals surface area contributed by atoms with E-state index in [4.69, 9.17) is 4.43 Å². The number of likely N-dealkylation sites (N-methyl/N-ethyl adjacent to an activating group) is 1. The van der Waals surface area contributed by atoms with Gasteiger partial charge in [0, 0.05) is 13.2 Å². The van der Waals surface area contributed by atoms with Crippen molar-refractivity contribution >= 4 is 16.6 Å². The first-order chi connectivity index (χ1) is 8.67. The second kappa shape index (κ2) is 6.63. The molecule has 2 nitrogen and oxygen atoms in total. The van der Waals surface area contributed by atoms with Crippen LogP contribution >= 0.6 is 0 Å². The van der Waals surface area contributed by atoms with Gasteiger partial charge in [-0.15, -0.1) is 0 Å². The van der Waals surface area contributed by atoms with E-state index in [9.17, 15) is 0 Å². The van der Waals surface area contributed by atoms with Crippen molar-refractivity contribution in [1.29, 1.82) is 0 Å². The highest BCUT2D eigenvalue weighted by molar-refractivity contribution is 6.77. The Labute approximate surface area is 130 Å². The van der Waals surface area contributed by atoms with Crippen LogP contribution in [-0.4, -0.2) is 40.8 Å². The van der Waals surface area contributed by atoms with Crippen molar-refractivity contribution < 1.29 is 4.43 Å². The second-order valence-electron chi connectivity index (χ2n) is 9.00. The molecule has 0 aliphatic heterocycles. The van der Waals surface area contributed by atoms with Gasteiger partial charge < -0.3 is 8.99 Å². The molecule has 0 N–H and O–H groups in total. The maximum atomic E-state index is 6.35. The largest absolute Gasteiger partial charge is 0.416 e. The van der Waals surface area contributed by atoms with Gasteiger partial charge in [-0.3, -0.25) is 0 Å². The van der Waals surface area contributed by atoms with Crippen LogP contribution in [0.4, 0.5) is 0 Å². The SMILES string of the molecule is CCN(CCO[Si](C)(C)C(C)(C)C)[Si](C)(C)C(C)(C)C. The summed E-state index contributed by atoms with van der Waals surface area (Å²) in [6.07, 6.45) is 0. The number of rotatable bonds is 6. The molecule has 0 radical (unpaired) electrons. The average Bonchev–Trinajstić information content (AvgIpc) is 2.20. The quantitative estimate of drug-likeness (QED) is 0.613.